The van der Waals surface area contributed by atoms with Crippen molar-refractivity contribution in [2.45, 2.75) is 12.8 Å². The number of nitriles is 1. The molecule has 1 aromatic carbocycles. The molecule has 0 aliphatic carbocycles. The molecule has 0 bridgehead atoms. The maximum Gasteiger partial charge on any atom is 0.328 e. The Morgan fingerprint density at radius 1 is 1.65 bits per heavy atom. The zero-order valence-corrected chi connectivity index (χ0v) is 9.21. The molecular weight excluding hydrogens is 224 g/mol. The largest absolute Gasteiger partial charge is 0.595 e. The van der Waals surface area contributed by atoms with Gasteiger partial charge >= 0.3 is 5.97 Å². The first-order valence-electron chi connectivity index (χ1n) is 5.00. The number of esters is 1. The van der Waals surface area contributed by atoms with E-state index in [1.807, 2.05) is 0 Å². The van der Waals surface area contributed by atoms with Gasteiger partial charge in [0.05, 0.1) is 12.7 Å². The standard InChI is InChI=1S/C11H12N2O4/c1-2-17-11(14)9(7-12)8-5-3-4-6-10(8)13(15)16/h3-6,9,13,15H,2H2,1H3. The van der Waals surface area contributed by atoms with Crippen molar-refractivity contribution in [1.82, 2.24) is 0 Å². The van der Waals surface area contributed by atoms with Crippen LogP contribution in [0.2, 0.25) is 0 Å². The van der Waals surface area contributed by atoms with Crippen molar-refractivity contribution in [3.63, 3.8) is 0 Å². The summed E-state index contributed by atoms with van der Waals surface area (Å²) in [5.74, 6) is -1.94. The molecule has 2 unspecified atom stereocenters. The van der Waals surface area contributed by atoms with Crippen LogP contribution in [0, 0.1) is 16.5 Å². The third-order valence-corrected chi connectivity index (χ3v) is 2.15. The number of hydrogen-bond donors (Lipinski definition) is 2. The van der Waals surface area contributed by atoms with E-state index in [0.29, 0.717) is 0 Å². The highest BCUT2D eigenvalue weighted by atomic mass is 16.8. The number of rotatable bonds is 4. The highest BCUT2D eigenvalue weighted by Gasteiger charge is 2.26. The quantitative estimate of drug-likeness (QED) is 0.577. The maximum absolute atomic E-state index is 11.5. The summed E-state index contributed by atoms with van der Waals surface area (Å²) in [4.78, 5) is 11.5. The van der Waals surface area contributed by atoms with Gasteiger partial charge in [-0.1, -0.05) is 18.2 Å². The van der Waals surface area contributed by atoms with Gasteiger partial charge in [-0.25, -0.2) is 5.21 Å². The van der Waals surface area contributed by atoms with Gasteiger partial charge in [0.1, 0.15) is 0 Å². The van der Waals surface area contributed by atoms with Crippen LogP contribution in [0.3, 0.4) is 0 Å². The molecule has 0 fully saturated rings. The summed E-state index contributed by atoms with van der Waals surface area (Å²) in [6.45, 7) is 1.77. The molecule has 0 radical (unpaired) electrons. The second kappa shape index (κ2) is 5.96. The van der Waals surface area contributed by atoms with Gasteiger partial charge in [-0.05, 0) is 6.92 Å². The predicted octanol–water partition coefficient (Wildman–Crippen LogP) is 0.260. The summed E-state index contributed by atoms with van der Waals surface area (Å²) in [6, 6.07) is 7.66. The number of quaternary nitrogens is 1. The minimum absolute atomic E-state index is 0.0629. The lowest BCUT2D eigenvalue weighted by atomic mass is 9.99. The fourth-order valence-electron chi connectivity index (χ4n) is 1.42. The highest BCUT2D eigenvalue weighted by Crippen LogP contribution is 2.22. The molecule has 2 N–H and O–H groups in total. The molecule has 0 saturated carbocycles. The number of para-hydroxylation sites is 1. The van der Waals surface area contributed by atoms with Crippen molar-refractivity contribution < 1.29 is 20.0 Å². The molecule has 1 aromatic rings. The van der Waals surface area contributed by atoms with Crippen LogP contribution >= 0.6 is 0 Å². The molecule has 0 amide bonds. The molecule has 0 spiro atoms. The summed E-state index contributed by atoms with van der Waals surface area (Å²) >= 11 is 0. The zero-order chi connectivity index (χ0) is 12.8. The van der Waals surface area contributed by atoms with Gasteiger partial charge in [0.2, 0.25) is 0 Å². The Labute approximate surface area is 98.2 Å². The Kier molecular flexibility index (Phi) is 4.60. The average Bonchev–Trinajstić information content (AvgIpc) is 2.31. The van der Waals surface area contributed by atoms with E-state index in [-0.39, 0.29) is 17.9 Å². The highest BCUT2D eigenvalue weighted by molar-refractivity contribution is 5.82. The molecule has 0 saturated heterocycles. The Morgan fingerprint density at radius 3 is 2.82 bits per heavy atom. The van der Waals surface area contributed by atoms with E-state index in [0.717, 1.165) is 0 Å². The van der Waals surface area contributed by atoms with Crippen LogP contribution in [-0.4, -0.2) is 17.8 Å². The van der Waals surface area contributed by atoms with Gasteiger partial charge < -0.3 is 9.94 Å². The lowest BCUT2D eigenvalue weighted by Crippen LogP contribution is -2.99. The number of benzene rings is 1. The second-order valence-electron chi connectivity index (χ2n) is 3.21. The van der Waals surface area contributed by atoms with Crippen LogP contribution in [0.4, 0.5) is 5.69 Å². The van der Waals surface area contributed by atoms with E-state index in [2.05, 4.69) is 0 Å². The van der Waals surface area contributed by atoms with Gasteiger partial charge in [0.15, 0.2) is 11.6 Å². The molecule has 0 heterocycles. The topological polar surface area (TPSA) is 97.8 Å². The van der Waals surface area contributed by atoms with E-state index in [1.54, 1.807) is 19.1 Å². The van der Waals surface area contributed by atoms with Crippen molar-refractivity contribution in [2.24, 2.45) is 0 Å². The van der Waals surface area contributed by atoms with E-state index in [9.17, 15) is 10.0 Å². The Hall–Kier alpha value is -1.94. The first-order valence-corrected chi connectivity index (χ1v) is 5.00. The Balaban J connectivity index is 3.13. The number of nitrogens with one attached hydrogen (secondary N) is 1. The van der Waals surface area contributed by atoms with E-state index >= 15 is 0 Å². The number of ether oxygens (including phenoxy) is 1. The van der Waals surface area contributed by atoms with Gasteiger partial charge in [-0.3, -0.25) is 4.79 Å². The van der Waals surface area contributed by atoms with Crippen molar-refractivity contribution in [2.75, 3.05) is 6.61 Å². The Morgan fingerprint density at radius 2 is 2.29 bits per heavy atom. The molecule has 6 nitrogen and oxygen atoms in total. The van der Waals surface area contributed by atoms with Gasteiger partial charge in [0.25, 0.3) is 0 Å². The van der Waals surface area contributed by atoms with Crippen LogP contribution in [0.1, 0.15) is 18.4 Å². The fraction of sp³-hybridized carbons (Fsp3) is 0.273. The van der Waals surface area contributed by atoms with Crippen LogP contribution in [-0.2, 0) is 9.53 Å². The summed E-state index contributed by atoms with van der Waals surface area (Å²) in [5.41, 5.74) is 0.0908. The lowest BCUT2D eigenvalue weighted by Gasteiger charge is -2.17. The molecule has 0 aliphatic rings. The monoisotopic (exact) mass is 236 g/mol. The molecular formula is C11H12N2O4. The molecule has 0 aromatic heterocycles. The van der Waals surface area contributed by atoms with Crippen LogP contribution in [0.15, 0.2) is 24.3 Å². The number of carbonyl (C=O) groups excluding carboxylic acids is 1. The van der Waals surface area contributed by atoms with Crippen molar-refractivity contribution >= 4 is 11.7 Å². The third-order valence-electron chi connectivity index (χ3n) is 2.15. The molecule has 1 rings (SSSR count). The van der Waals surface area contributed by atoms with Crippen molar-refractivity contribution in [3.8, 4) is 6.07 Å². The number of nitrogens with zero attached hydrogens (tertiary/aromatic N) is 1. The molecule has 0 aliphatic heterocycles. The van der Waals surface area contributed by atoms with Crippen LogP contribution in [0.5, 0.6) is 0 Å². The van der Waals surface area contributed by atoms with Crippen molar-refractivity contribution in [1.29, 1.82) is 5.26 Å². The van der Waals surface area contributed by atoms with E-state index < -0.39 is 17.1 Å². The normalized spacial score (nSPS) is 13.5. The zero-order valence-electron chi connectivity index (χ0n) is 9.21. The van der Waals surface area contributed by atoms with Gasteiger partial charge in [-0.15, -0.1) is 0 Å². The van der Waals surface area contributed by atoms with Crippen LogP contribution < -0.4 is 5.23 Å². The van der Waals surface area contributed by atoms with E-state index in [1.165, 1.54) is 18.2 Å². The SMILES string of the molecule is CCOC(=O)C(C#N)c1ccccc1[NH+]([O-])O. The summed E-state index contributed by atoms with van der Waals surface area (Å²) in [6.07, 6.45) is 0. The molecule has 6 heteroatoms. The average molecular weight is 236 g/mol. The fourth-order valence-corrected chi connectivity index (χ4v) is 1.42. The first-order chi connectivity index (χ1) is 8.11. The van der Waals surface area contributed by atoms with Gasteiger partial charge in [0, 0.05) is 11.6 Å². The number of hydrogen-bond acceptors (Lipinski definition) is 5. The van der Waals surface area contributed by atoms with E-state index in [4.69, 9.17) is 15.2 Å². The van der Waals surface area contributed by atoms with Gasteiger partial charge in [-0.2, -0.15) is 10.5 Å². The first kappa shape index (κ1) is 13.1. The minimum Gasteiger partial charge on any atom is -0.595 e. The predicted molar refractivity (Wildman–Crippen MR) is 57.2 cm³/mol. The summed E-state index contributed by atoms with van der Waals surface area (Å²) in [5, 5.41) is 27.7. The molecule has 90 valence electrons. The smallest absolute Gasteiger partial charge is 0.328 e. The lowest BCUT2D eigenvalue weighted by molar-refractivity contribution is -0.991. The third kappa shape index (κ3) is 3.01. The summed E-state index contributed by atoms with van der Waals surface area (Å²) < 4.78 is 4.73. The second-order valence-corrected chi connectivity index (χ2v) is 3.21. The summed E-state index contributed by atoms with van der Waals surface area (Å²) in [7, 11) is 0. The Bertz CT molecular complexity index is 439. The molecule has 17 heavy (non-hydrogen) atoms. The molecule has 2 atom stereocenters. The van der Waals surface area contributed by atoms with Crippen LogP contribution in [0.25, 0.3) is 0 Å². The van der Waals surface area contributed by atoms with Crippen molar-refractivity contribution in [3.05, 3.63) is 35.0 Å². The maximum atomic E-state index is 11.5. The number of carbonyl (C=O) groups is 1. The minimum atomic E-state index is -1.21.